The first-order valence-corrected chi connectivity index (χ1v) is 11.3. The van der Waals surface area contributed by atoms with Crippen molar-refractivity contribution >= 4 is 23.3 Å². The van der Waals surface area contributed by atoms with Crippen LogP contribution in [0.1, 0.15) is 35.3 Å². The van der Waals surface area contributed by atoms with Gasteiger partial charge in [-0.05, 0) is 31.4 Å². The zero-order valence-corrected chi connectivity index (χ0v) is 18.9. The first-order chi connectivity index (χ1) is 16.4. The van der Waals surface area contributed by atoms with Crippen LogP contribution in [0.15, 0.2) is 59.4 Å². The number of aliphatic hydroxyl groups is 1. The normalized spacial score (nSPS) is 14.5. The predicted molar refractivity (Wildman–Crippen MR) is 126 cm³/mol. The van der Waals surface area contributed by atoms with Gasteiger partial charge in [0.05, 0.1) is 21.9 Å². The average Bonchev–Trinajstić information content (AvgIpc) is 3.25. The first-order valence-electron chi connectivity index (χ1n) is 10.9. The molecule has 1 aliphatic carbocycles. The molecule has 10 heteroatoms. The molecule has 9 nitrogen and oxygen atoms in total. The van der Waals surface area contributed by atoms with Crippen LogP contribution < -0.4 is 15.6 Å². The second-order valence-electron chi connectivity index (χ2n) is 8.33. The SMILES string of the molecule is O=C(NCC1(O)CCC1)c1c(Cl)cccc1OCc1cc(=O)n2nc(-c3ccccc3)nc2[nH]1. The van der Waals surface area contributed by atoms with Crippen LogP contribution in [-0.2, 0) is 6.61 Å². The molecule has 1 saturated carbocycles. The summed E-state index contributed by atoms with van der Waals surface area (Å²) in [4.78, 5) is 32.8. The van der Waals surface area contributed by atoms with Crippen LogP contribution in [0.5, 0.6) is 5.75 Å². The molecule has 4 aromatic rings. The van der Waals surface area contributed by atoms with Crippen molar-refractivity contribution in [1.29, 1.82) is 0 Å². The Kier molecular flexibility index (Phi) is 5.80. The van der Waals surface area contributed by atoms with E-state index in [4.69, 9.17) is 16.3 Å². The van der Waals surface area contributed by atoms with Gasteiger partial charge in [-0.1, -0.05) is 48.0 Å². The van der Waals surface area contributed by atoms with Crippen molar-refractivity contribution in [3.63, 3.8) is 0 Å². The average molecular weight is 480 g/mol. The van der Waals surface area contributed by atoms with Crippen LogP contribution in [0.3, 0.4) is 0 Å². The fourth-order valence-electron chi connectivity index (χ4n) is 3.82. The Morgan fingerprint density at radius 3 is 2.74 bits per heavy atom. The molecule has 0 atom stereocenters. The maximum absolute atomic E-state index is 12.8. The summed E-state index contributed by atoms with van der Waals surface area (Å²) in [6.07, 6.45) is 2.25. The highest BCUT2D eigenvalue weighted by atomic mass is 35.5. The van der Waals surface area contributed by atoms with E-state index < -0.39 is 11.5 Å². The molecule has 1 fully saturated rings. The molecule has 1 aliphatic rings. The zero-order chi connectivity index (χ0) is 23.7. The Hall–Kier alpha value is -3.69. The van der Waals surface area contributed by atoms with Gasteiger partial charge < -0.3 is 20.1 Å². The highest BCUT2D eigenvalue weighted by Crippen LogP contribution is 2.31. The number of ether oxygens (including phenoxy) is 1. The minimum absolute atomic E-state index is 0.0240. The number of H-pyrrole nitrogens is 1. The van der Waals surface area contributed by atoms with E-state index in [0.717, 1.165) is 12.0 Å². The Balaban J connectivity index is 1.35. The number of carbonyl (C=O) groups is 1. The number of hydrogen-bond acceptors (Lipinski definition) is 6. The molecule has 0 unspecified atom stereocenters. The Morgan fingerprint density at radius 1 is 1.21 bits per heavy atom. The summed E-state index contributed by atoms with van der Waals surface area (Å²) in [5.41, 5.74) is 0.200. The van der Waals surface area contributed by atoms with Crippen LogP contribution in [0.2, 0.25) is 5.02 Å². The van der Waals surface area contributed by atoms with Crippen LogP contribution in [0, 0.1) is 0 Å². The smallest absolute Gasteiger partial charge is 0.276 e. The second-order valence-corrected chi connectivity index (χ2v) is 8.74. The Bertz CT molecular complexity index is 1410. The molecule has 2 aromatic carbocycles. The van der Waals surface area contributed by atoms with E-state index in [1.807, 2.05) is 30.3 Å². The van der Waals surface area contributed by atoms with Crippen molar-refractivity contribution < 1.29 is 14.6 Å². The number of hydrogen-bond donors (Lipinski definition) is 3. The lowest BCUT2D eigenvalue weighted by atomic mass is 9.80. The fraction of sp³-hybridized carbons (Fsp3) is 0.250. The summed E-state index contributed by atoms with van der Waals surface area (Å²) in [6, 6.07) is 15.6. The van der Waals surface area contributed by atoms with Gasteiger partial charge in [-0.15, -0.1) is 5.10 Å². The lowest BCUT2D eigenvalue weighted by Crippen LogP contribution is -2.47. The number of amides is 1. The number of rotatable bonds is 7. The highest BCUT2D eigenvalue weighted by molar-refractivity contribution is 6.34. The van der Waals surface area contributed by atoms with Gasteiger partial charge in [0.15, 0.2) is 5.82 Å². The third-order valence-corrected chi connectivity index (χ3v) is 6.18. The molecule has 2 heterocycles. The molecular weight excluding hydrogens is 458 g/mol. The molecule has 174 valence electrons. The molecule has 0 aliphatic heterocycles. The molecule has 0 spiro atoms. The van der Waals surface area contributed by atoms with Gasteiger partial charge in [0.25, 0.3) is 11.5 Å². The predicted octanol–water partition coefficient (Wildman–Crippen LogP) is 2.96. The van der Waals surface area contributed by atoms with Gasteiger partial charge in [-0.2, -0.15) is 9.50 Å². The molecule has 2 aromatic heterocycles. The molecule has 34 heavy (non-hydrogen) atoms. The third kappa shape index (κ3) is 4.40. The summed E-state index contributed by atoms with van der Waals surface area (Å²) < 4.78 is 7.05. The number of carbonyl (C=O) groups excluding carboxylic acids is 1. The minimum Gasteiger partial charge on any atom is -0.486 e. The van der Waals surface area contributed by atoms with Gasteiger partial charge in [0.1, 0.15) is 12.4 Å². The van der Waals surface area contributed by atoms with E-state index in [1.165, 1.54) is 10.6 Å². The number of nitrogens with one attached hydrogen (secondary N) is 2. The largest absolute Gasteiger partial charge is 0.486 e. The summed E-state index contributed by atoms with van der Waals surface area (Å²) in [7, 11) is 0. The standard InChI is InChI=1S/C24H22ClN5O4/c25-17-8-4-9-18(20(17)22(32)26-14-24(33)10-5-11-24)34-13-16-12-19(31)30-23(27-16)28-21(29-30)15-6-2-1-3-7-15/h1-4,6-9,12,33H,5,10-11,13-14H2,(H,26,32)(H,27,28,29). The van der Waals surface area contributed by atoms with Gasteiger partial charge in [-0.3, -0.25) is 9.59 Å². The number of nitrogens with zero attached hydrogens (tertiary/aromatic N) is 3. The molecular formula is C24H22ClN5O4. The van der Waals surface area contributed by atoms with E-state index in [1.54, 1.807) is 18.2 Å². The molecule has 0 bridgehead atoms. The van der Waals surface area contributed by atoms with Crippen molar-refractivity contribution in [3.8, 4) is 17.1 Å². The van der Waals surface area contributed by atoms with Crippen molar-refractivity contribution in [2.45, 2.75) is 31.5 Å². The first kappa shape index (κ1) is 22.1. The van der Waals surface area contributed by atoms with Crippen molar-refractivity contribution in [1.82, 2.24) is 24.9 Å². The number of aromatic nitrogens is 4. The quantitative estimate of drug-likeness (QED) is 0.374. The Morgan fingerprint density at radius 2 is 2.00 bits per heavy atom. The topological polar surface area (TPSA) is 122 Å². The molecule has 1 amide bonds. The third-order valence-electron chi connectivity index (χ3n) is 5.87. The zero-order valence-electron chi connectivity index (χ0n) is 18.1. The fourth-order valence-corrected chi connectivity index (χ4v) is 4.07. The molecule has 3 N–H and O–H groups in total. The maximum Gasteiger partial charge on any atom is 0.276 e. The summed E-state index contributed by atoms with van der Waals surface area (Å²) in [5, 5.41) is 17.5. The van der Waals surface area contributed by atoms with E-state index in [2.05, 4.69) is 20.4 Å². The Labute approximate surface area is 199 Å². The van der Waals surface area contributed by atoms with E-state index in [0.29, 0.717) is 24.4 Å². The van der Waals surface area contributed by atoms with Crippen molar-refractivity contribution in [2.75, 3.05) is 6.54 Å². The molecule has 5 rings (SSSR count). The van der Waals surface area contributed by atoms with Crippen molar-refractivity contribution in [3.05, 3.63) is 81.2 Å². The summed E-state index contributed by atoms with van der Waals surface area (Å²) in [6.45, 7) is 0.126. The second kappa shape index (κ2) is 8.92. The molecule has 0 saturated heterocycles. The molecule has 0 radical (unpaired) electrons. The minimum atomic E-state index is -0.857. The highest BCUT2D eigenvalue weighted by Gasteiger charge is 2.35. The number of benzene rings is 2. The van der Waals surface area contributed by atoms with Crippen LogP contribution in [-0.4, -0.2) is 42.7 Å². The number of fused-ring (bicyclic) bond motifs is 1. The van der Waals surface area contributed by atoms with Gasteiger partial charge in [0, 0.05) is 18.2 Å². The monoisotopic (exact) mass is 479 g/mol. The lowest BCUT2D eigenvalue weighted by Gasteiger charge is -2.36. The van der Waals surface area contributed by atoms with E-state index >= 15 is 0 Å². The van der Waals surface area contributed by atoms with Gasteiger partial charge in [-0.25, -0.2) is 0 Å². The van der Waals surface area contributed by atoms with E-state index in [9.17, 15) is 14.7 Å². The number of halogens is 1. The summed E-state index contributed by atoms with van der Waals surface area (Å²) in [5.74, 6) is 0.532. The van der Waals surface area contributed by atoms with Crippen LogP contribution in [0.25, 0.3) is 17.2 Å². The van der Waals surface area contributed by atoms with Gasteiger partial charge in [0.2, 0.25) is 5.78 Å². The maximum atomic E-state index is 12.8. The van der Waals surface area contributed by atoms with Crippen LogP contribution in [0.4, 0.5) is 0 Å². The lowest BCUT2D eigenvalue weighted by molar-refractivity contribution is -0.0300. The van der Waals surface area contributed by atoms with Crippen molar-refractivity contribution in [2.24, 2.45) is 0 Å². The number of aromatic amines is 1. The summed E-state index contributed by atoms with van der Waals surface area (Å²) >= 11 is 6.29. The van der Waals surface area contributed by atoms with Gasteiger partial charge >= 0.3 is 0 Å². The van der Waals surface area contributed by atoms with Crippen LogP contribution >= 0.6 is 11.6 Å². The van der Waals surface area contributed by atoms with E-state index in [-0.39, 0.29) is 40.8 Å².